The van der Waals surface area contributed by atoms with E-state index in [1.54, 1.807) is 0 Å². The molecule has 3 heteroatoms. The van der Waals surface area contributed by atoms with Crippen LogP contribution in [0.1, 0.15) is 5.56 Å². The Kier molecular flexibility index (Phi) is 1.80. The number of hydrogen-bond acceptors (Lipinski definition) is 3. The molecule has 1 aromatic rings. The number of hydrogen-bond donors (Lipinski definition) is 1. The number of benzene rings is 1. The molecule has 0 fully saturated rings. The molecular weight excluding hydrogens is 154 g/mol. The van der Waals surface area contributed by atoms with Gasteiger partial charge in [-0.25, -0.2) is 0 Å². The van der Waals surface area contributed by atoms with Crippen molar-refractivity contribution in [2.24, 2.45) is 4.99 Å². The zero-order valence-electron chi connectivity index (χ0n) is 6.53. The fourth-order valence-corrected chi connectivity index (χ4v) is 1.27. The van der Waals surface area contributed by atoms with Crippen LogP contribution in [0, 0.1) is 0 Å². The third kappa shape index (κ3) is 1.08. The fraction of sp³-hybridized carbons (Fsp3) is 0.222. The number of aliphatic imine (C=N–C) groups is 1. The minimum absolute atomic E-state index is 0.174. The van der Waals surface area contributed by atoms with Gasteiger partial charge in [0.2, 0.25) is 0 Å². The summed E-state index contributed by atoms with van der Waals surface area (Å²) in [7, 11) is 0. The molecule has 0 saturated carbocycles. The van der Waals surface area contributed by atoms with Crippen LogP contribution in [0.3, 0.4) is 0 Å². The quantitative estimate of drug-likeness (QED) is 0.665. The van der Waals surface area contributed by atoms with E-state index < -0.39 is 0 Å². The molecule has 0 bridgehead atoms. The number of para-hydroxylation sites is 1. The van der Waals surface area contributed by atoms with Crippen molar-refractivity contribution in [2.75, 3.05) is 13.3 Å². The molecule has 0 radical (unpaired) electrons. The van der Waals surface area contributed by atoms with Gasteiger partial charge in [0.1, 0.15) is 19.1 Å². The van der Waals surface area contributed by atoms with Gasteiger partial charge in [-0.1, -0.05) is 12.1 Å². The zero-order chi connectivity index (χ0) is 8.39. The molecule has 3 nitrogen and oxygen atoms in total. The summed E-state index contributed by atoms with van der Waals surface area (Å²) >= 11 is 0. The molecule has 0 unspecified atom stereocenters. The minimum atomic E-state index is -0.174. The maximum absolute atomic E-state index is 8.61. The molecule has 1 aliphatic rings. The Morgan fingerprint density at radius 2 is 2.25 bits per heavy atom. The van der Waals surface area contributed by atoms with Crippen molar-refractivity contribution < 1.29 is 9.84 Å². The van der Waals surface area contributed by atoms with E-state index in [9.17, 15) is 0 Å². The molecule has 1 heterocycles. The van der Waals surface area contributed by atoms with Gasteiger partial charge in [-0.15, -0.1) is 0 Å². The molecule has 0 aliphatic carbocycles. The summed E-state index contributed by atoms with van der Waals surface area (Å²) in [5.41, 5.74) is 1.82. The molecule has 1 aromatic carbocycles. The molecule has 0 aromatic heterocycles. The summed E-state index contributed by atoms with van der Waals surface area (Å²) < 4.78 is 5.32. The Morgan fingerprint density at radius 3 is 3.08 bits per heavy atom. The van der Waals surface area contributed by atoms with Gasteiger partial charge in [-0.2, -0.15) is 0 Å². The Balaban J connectivity index is 2.43. The Morgan fingerprint density at radius 1 is 1.42 bits per heavy atom. The van der Waals surface area contributed by atoms with E-state index in [1.807, 2.05) is 24.3 Å². The molecule has 1 aliphatic heterocycles. The van der Waals surface area contributed by atoms with Crippen LogP contribution in [0.4, 0.5) is 0 Å². The minimum Gasteiger partial charge on any atom is -0.487 e. The summed E-state index contributed by atoms with van der Waals surface area (Å²) in [5.74, 6) is 0.852. The summed E-state index contributed by atoms with van der Waals surface area (Å²) in [5, 5.41) is 8.61. The normalized spacial score (nSPS) is 17.6. The number of fused-ring (bicyclic) bond motifs is 1. The van der Waals surface area contributed by atoms with Crippen LogP contribution in [0.5, 0.6) is 5.75 Å². The second-order valence-corrected chi connectivity index (χ2v) is 2.53. The van der Waals surface area contributed by atoms with Crippen molar-refractivity contribution in [3.05, 3.63) is 29.8 Å². The van der Waals surface area contributed by atoms with Crippen LogP contribution in [0.2, 0.25) is 0 Å². The summed E-state index contributed by atoms with van der Waals surface area (Å²) in [6, 6.07) is 7.69. The lowest BCUT2D eigenvalue weighted by atomic mass is 10.1. The molecule has 2 rings (SSSR count). The van der Waals surface area contributed by atoms with Crippen LogP contribution in [0.15, 0.2) is 29.3 Å². The van der Waals surface area contributed by atoms with E-state index in [4.69, 9.17) is 9.84 Å². The maximum Gasteiger partial charge on any atom is 0.134 e. The molecule has 0 saturated heterocycles. The Bertz CT molecular complexity index is 320. The Hall–Kier alpha value is -1.35. The number of rotatable bonds is 1. The van der Waals surface area contributed by atoms with Gasteiger partial charge in [0.15, 0.2) is 0 Å². The van der Waals surface area contributed by atoms with Gasteiger partial charge in [0, 0.05) is 5.56 Å². The van der Waals surface area contributed by atoms with Crippen LogP contribution >= 0.6 is 0 Å². The van der Waals surface area contributed by atoms with Crippen molar-refractivity contribution in [1.82, 2.24) is 0 Å². The zero-order valence-corrected chi connectivity index (χ0v) is 6.53. The molecule has 0 atom stereocenters. The van der Waals surface area contributed by atoms with Crippen molar-refractivity contribution in [1.29, 1.82) is 0 Å². The van der Waals surface area contributed by atoms with E-state index in [0.717, 1.165) is 17.0 Å². The van der Waals surface area contributed by atoms with Gasteiger partial charge in [-0.3, -0.25) is 4.99 Å². The molecule has 0 spiro atoms. The molecule has 12 heavy (non-hydrogen) atoms. The standard InChI is InChI=1S/C9H9NO2/c11-6-10-8-5-12-9-4-2-1-3-7(8)9/h1-4,11H,5-6H2. The topological polar surface area (TPSA) is 41.8 Å². The highest BCUT2D eigenvalue weighted by Gasteiger charge is 2.17. The smallest absolute Gasteiger partial charge is 0.134 e. The fourth-order valence-electron chi connectivity index (χ4n) is 1.27. The molecule has 62 valence electrons. The largest absolute Gasteiger partial charge is 0.487 e. The van der Waals surface area contributed by atoms with Gasteiger partial charge >= 0.3 is 0 Å². The summed E-state index contributed by atoms with van der Waals surface area (Å²) in [6.45, 7) is 0.299. The monoisotopic (exact) mass is 163 g/mol. The number of nitrogens with zero attached hydrogens (tertiary/aromatic N) is 1. The van der Waals surface area contributed by atoms with Crippen LogP contribution in [0.25, 0.3) is 0 Å². The first-order valence-corrected chi connectivity index (χ1v) is 3.78. The van der Waals surface area contributed by atoms with Crippen molar-refractivity contribution in [3.8, 4) is 5.75 Å². The van der Waals surface area contributed by atoms with Crippen LogP contribution < -0.4 is 4.74 Å². The van der Waals surface area contributed by atoms with E-state index in [1.165, 1.54) is 0 Å². The highest BCUT2D eigenvalue weighted by Crippen LogP contribution is 2.24. The lowest BCUT2D eigenvalue weighted by Gasteiger charge is -1.93. The van der Waals surface area contributed by atoms with Crippen molar-refractivity contribution >= 4 is 5.71 Å². The lowest BCUT2D eigenvalue weighted by Crippen LogP contribution is -2.03. The van der Waals surface area contributed by atoms with E-state index in [2.05, 4.69) is 4.99 Å². The van der Waals surface area contributed by atoms with E-state index >= 15 is 0 Å². The number of aliphatic hydroxyl groups is 1. The second-order valence-electron chi connectivity index (χ2n) is 2.53. The molecule has 1 N–H and O–H groups in total. The van der Waals surface area contributed by atoms with E-state index in [0.29, 0.717) is 6.61 Å². The molecule has 0 amide bonds. The lowest BCUT2D eigenvalue weighted by molar-refractivity contribution is 0.308. The highest BCUT2D eigenvalue weighted by atomic mass is 16.5. The van der Waals surface area contributed by atoms with E-state index in [-0.39, 0.29) is 6.73 Å². The average molecular weight is 163 g/mol. The van der Waals surface area contributed by atoms with Gasteiger partial charge in [-0.05, 0) is 12.1 Å². The number of aliphatic hydroxyl groups excluding tert-OH is 1. The van der Waals surface area contributed by atoms with Crippen LogP contribution in [-0.4, -0.2) is 24.2 Å². The van der Waals surface area contributed by atoms with Crippen LogP contribution in [-0.2, 0) is 0 Å². The van der Waals surface area contributed by atoms with Gasteiger partial charge in [0.05, 0.1) is 5.71 Å². The predicted molar refractivity (Wildman–Crippen MR) is 45.6 cm³/mol. The third-order valence-electron chi connectivity index (χ3n) is 1.82. The molecular formula is C9H9NO2. The number of ether oxygens (including phenoxy) is 1. The van der Waals surface area contributed by atoms with Gasteiger partial charge in [0.25, 0.3) is 0 Å². The summed E-state index contributed by atoms with van der Waals surface area (Å²) in [6.07, 6.45) is 0. The van der Waals surface area contributed by atoms with Crippen molar-refractivity contribution in [2.45, 2.75) is 0 Å². The average Bonchev–Trinajstić information content (AvgIpc) is 2.50. The second kappa shape index (κ2) is 2.95. The Labute approximate surface area is 70.3 Å². The first-order valence-electron chi connectivity index (χ1n) is 3.78. The SMILES string of the molecule is OCN=C1COc2ccccc21. The first kappa shape index (κ1) is 7.31. The maximum atomic E-state index is 8.61. The third-order valence-corrected chi connectivity index (χ3v) is 1.82. The predicted octanol–water partition coefficient (Wildman–Crippen LogP) is 0.818. The summed E-state index contributed by atoms with van der Waals surface area (Å²) in [4.78, 5) is 3.91. The highest BCUT2D eigenvalue weighted by molar-refractivity contribution is 6.06. The van der Waals surface area contributed by atoms with Crippen molar-refractivity contribution in [3.63, 3.8) is 0 Å². The van der Waals surface area contributed by atoms with Gasteiger partial charge < -0.3 is 9.84 Å². The first-order chi connectivity index (χ1) is 5.92.